The van der Waals surface area contributed by atoms with Crippen LogP contribution in [0.2, 0.25) is 0 Å². The molecule has 3 nitrogen and oxygen atoms in total. The summed E-state index contributed by atoms with van der Waals surface area (Å²) in [6.07, 6.45) is 0. The van der Waals surface area contributed by atoms with Crippen molar-refractivity contribution >= 4 is 33.1 Å². The van der Waals surface area contributed by atoms with Crippen LogP contribution in [0.1, 0.15) is 16.8 Å². The Morgan fingerprint density at radius 2 is 2.00 bits per heavy atom. The summed E-state index contributed by atoms with van der Waals surface area (Å²) in [5, 5.41) is 0. The third kappa shape index (κ3) is 3.11. The number of benzene rings is 1. The van der Waals surface area contributed by atoms with Crippen LogP contribution in [-0.2, 0) is 0 Å². The molecule has 2 N–H and O–H groups in total. The molecular formula is C14H13BrN2OS. The minimum atomic E-state index is 0.284. The van der Waals surface area contributed by atoms with E-state index in [1.807, 2.05) is 44.2 Å². The first-order chi connectivity index (χ1) is 8.99. The molecule has 0 radical (unpaired) electrons. The largest absolute Gasteiger partial charge is 0.437 e. The molecule has 0 unspecified atom stereocenters. The number of pyridine rings is 1. The van der Waals surface area contributed by atoms with Crippen LogP contribution < -0.4 is 10.5 Å². The molecule has 19 heavy (non-hydrogen) atoms. The summed E-state index contributed by atoms with van der Waals surface area (Å²) >= 11 is 8.51. The van der Waals surface area contributed by atoms with Gasteiger partial charge in [-0.05, 0) is 53.5 Å². The molecule has 0 saturated heterocycles. The molecule has 2 rings (SSSR count). The normalized spacial score (nSPS) is 10.3. The molecule has 0 saturated carbocycles. The Labute approximate surface area is 125 Å². The molecule has 2 aromatic rings. The van der Waals surface area contributed by atoms with Gasteiger partial charge in [-0.2, -0.15) is 0 Å². The Hall–Kier alpha value is -1.46. The molecule has 0 aliphatic carbocycles. The molecule has 0 aliphatic rings. The van der Waals surface area contributed by atoms with Gasteiger partial charge in [0, 0.05) is 5.69 Å². The van der Waals surface area contributed by atoms with E-state index in [0.717, 1.165) is 15.7 Å². The number of halogens is 1. The van der Waals surface area contributed by atoms with Crippen molar-refractivity contribution in [2.45, 2.75) is 13.8 Å². The minimum Gasteiger partial charge on any atom is -0.437 e. The summed E-state index contributed by atoms with van der Waals surface area (Å²) in [4.78, 5) is 4.67. The van der Waals surface area contributed by atoms with Crippen LogP contribution >= 0.6 is 28.1 Å². The number of thiocarbonyl (C=S) groups is 1. The molecule has 1 aromatic carbocycles. The molecule has 98 valence electrons. The number of nitrogens with two attached hydrogens (primary N) is 1. The predicted molar refractivity (Wildman–Crippen MR) is 83.8 cm³/mol. The highest BCUT2D eigenvalue weighted by molar-refractivity contribution is 9.10. The summed E-state index contributed by atoms with van der Waals surface area (Å²) in [7, 11) is 0. The van der Waals surface area contributed by atoms with E-state index in [-0.39, 0.29) is 4.99 Å². The standard InChI is InChI=1S/C14H13BrN2OS/c1-8-7-9(2)17-14(12(8)13(16)19)18-11-6-4-3-5-10(11)15/h3-7H,1-2H3,(H2,16,19). The van der Waals surface area contributed by atoms with Gasteiger partial charge in [-0.25, -0.2) is 4.98 Å². The quantitative estimate of drug-likeness (QED) is 0.864. The van der Waals surface area contributed by atoms with Crippen molar-refractivity contribution in [2.75, 3.05) is 0 Å². The fraction of sp³-hybridized carbons (Fsp3) is 0.143. The number of hydrogen-bond donors (Lipinski definition) is 1. The lowest BCUT2D eigenvalue weighted by Gasteiger charge is -2.13. The van der Waals surface area contributed by atoms with E-state index in [4.69, 9.17) is 22.7 Å². The highest BCUT2D eigenvalue weighted by Crippen LogP contribution is 2.31. The van der Waals surface area contributed by atoms with Gasteiger partial charge in [0.2, 0.25) is 5.88 Å². The zero-order valence-corrected chi connectivity index (χ0v) is 13.0. The number of aryl methyl sites for hydroxylation is 2. The third-order valence-electron chi connectivity index (χ3n) is 2.60. The first-order valence-corrected chi connectivity index (χ1v) is 6.89. The van der Waals surface area contributed by atoms with Crippen LogP contribution in [0.4, 0.5) is 0 Å². The fourth-order valence-corrected chi connectivity index (χ4v) is 2.42. The first kappa shape index (κ1) is 14.0. The summed E-state index contributed by atoms with van der Waals surface area (Å²) in [5.74, 6) is 1.12. The van der Waals surface area contributed by atoms with Gasteiger partial charge in [0.1, 0.15) is 10.7 Å². The highest BCUT2D eigenvalue weighted by Gasteiger charge is 2.14. The molecule has 0 aliphatic heterocycles. The summed E-state index contributed by atoms with van der Waals surface area (Å²) < 4.78 is 6.69. The predicted octanol–water partition coefficient (Wildman–Crippen LogP) is 3.89. The lowest BCUT2D eigenvalue weighted by molar-refractivity contribution is 0.457. The maximum absolute atomic E-state index is 5.84. The molecule has 0 bridgehead atoms. The van der Waals surface area contributed by atoms with Gasteiger partial charge in [-0.15, -0.1) is 0 Å². The molecule has 0 spiro atoms. The third-order valence-corrected chi connectivity index (χ3v) is 3.46. The van der Waals surface area contributed by atoms with Gasteiger partial charge < -0.3 is 10.5 Å². The maximum atomic E-state index is 5.84. The molecule has 1 aromatic heterocycles. The number of rotatable bonds is 3. The number of para-hydroxylation sites is 1. The Morgan fingerprint density at radius 3 is 2.63 bits per heavy atom. The maximum Gasteiger partial charge on any atom is 0.230 e. The van der Waals surface area contributed by atoms with Crippen LogP contribution in [0.15, 0.2) is 34.8 Å². The van der Waals surface area contributed by atoms with Crippen LogP contribution in [0.3, 0.4) is 0 Å². The van der Waals surface area contributed by atoms with E-state index < -0.39 is 0 Å². The second-order valence-corrected chi connectivity index (χ2v) is 5.45. The van der Waals surface area contributed by atoms with Crippen molar-refractivity contribution in [1.82, 2.24) is 4.98 Å². The summed E-state index contributed by atoms with van der Waals surface area (Å²) in [5.41, 5.74) is 8.26. The Kier molecular flexibility index (Phi) is 4.17. The topological polar surface area (TPSA) is 48.1 Å². The number of hydrogen-bond acceptors (Lipinski definition) is 3. The van der Waals surface area contributed by atoms with Crippen LogP contribution in [0.25, 0.3) is 0 Å². The summed E-state index contributed by atoms with van der Waals surface area (Å²) in [6, 6.07) is 9.50. The molecule has 0 amide bonds. The average Bonchev–Trinajstić information content (AvgIpc) is 2.30. The Bertz CT molecular complexity index is 643. The molecule has 0 fully saturated rings. The van der Waals surface area contributed by atoms with Crippen LogP contribution in [0, 0.1) is 13.8 Å². The van der Waals surface area contributed by atoms with Crippen LogP contribution in [-0.4, -0.2) is 9.97 Å². The Morgan fingerprint density at radius 1 is 1.32 bits per heavy atom. The summed E-state index contributed by atoms with van der Waals surface area (Å²) in [6.45, 7) is 3.85. The van der Waals surface area contributed by atoms with Crippen LogP contribution in [0.5, 0.6) is 11.6 Å². The van der Waals surface area contributed by atoms with Crippen molar-refractivity contribution in [2.24, 2.45) is 5.73 Å². The van der Waals surface area contributed by atoms with Crippen molar-refractivity contribution < 1.29 is 4.74 Å². The Balaban J connectivity index is 2.51. The molecular weight excluding hydrogens is 324 g/mol. The second kappa shape index (κ2) is 5.67. The smallest absolute Gasteiger partial charge is 0.230 e. The average molecular weight is 337 g/mol. The van der Waals surface area contributed by atoms with Gasteiger partial charge in [-0.3, -0.25) is 0 Å². The number of nitrogens with zero attached hydrogens (tertiary/aromatic N) is 1. The monoisotopic (exact) mass is 336 g/mol. The van der Waals surface area contributed by atoms with E-state index in [2.05, 4.69) is 20.9 Å². The molecule has 5 heteroatoms. The van der Waals surface area contributed by atoms with Gasteiger partial charge in [0.25, 0.3) is 0 Å². The van der Waals surface area contributed by atoms with Gasteiger partial charge >= 0.3 is 0 Å². The first-order valence-electron chi connectivity index (χ1n) is 5.69. The van der Waals surface area contributed by atoms with E-state index in [0.29, 0.717) is 17.2 Å². The van der Waals surface area contributed by atoms with Gasteiger partial charge in [0.05, 0.1) is 10.0 Å². The lowest BCUT2D eigenvalue weighted by Crippen LogP contribution is -2.14. The molecule has 0 atom stereocenters. The zero-order chi connectivity index (χ0) is 14.0. The molecule has 1 heterocycles. The van der Waals surface area contributed by atoms with Gasteiger partial charge in [-0.1, -0.05) is 24.4 Å². The number of aromatic nitrogens is 1. The van der Waals surface area contributed by atoms with Crippen molar-refractivity contribution in [3.05, 3.63) is 51.6 Å². The fourth-order valence-electron chi connectivity index (χ4n) is 1.81. The zero-order valence-electron chi connectivity index (χ0n) is 10.6. The van der Waals surface area contributed by atoms with Crippen molar-refractivity contribution in [3.8, 4) is 11.6 Å². The van der Waals surface area contributed by atoms with E-state index in [1.54, 1.807) is 0 Å². The van der Waals surface area contributed by atoms with Crippen molar-refractivity contribution in [3.63, 3.8) is 0 Å². The van der Waals surface area contributed by atoms with E-state index in [1.165, 1.54) is 0 Å². The minimum absolute atomic E-state index is 0.284. The van der Waals surface area contributed by atoms with Gasteiger partial charge in [0.15, 0.2) is 0 Å². The SMILES string of the molecule is Cc1cc(C)c(C(N)=S)c(Oc2ccccc2Br)n1. The van der Waals surface area contributed by atoms with E-state index >= 15 is 0 Å². The van der Waals surface area contributed by atoms with Crippen molar-refractivity contribution in [1.29, 1.82) is 0 Å². The lowest BCUT2D eigenvalue weighted by atomic mass is 10.1. The highest BCUT2D eigenvalue weighted by atomic mass is 79.9. The van der Waals surface area contributed by atoms with E-state index in [9.17, 15) is 0 Å². The number of ether oxygens (including phenoxy) is 1. The second-order valence-electron chi connectivity index (χ2n) is 4.16.